The summed E-state index contributed by atoms with van der Waals surface area (Å²) in [5, 5.41) is 11.0. The zero-order valence-corrected chi connectivity index (χ0v) is 17.2. The van der Waals surface area contributed by atoms with Crippen molar-refractivity contribution in [2.45, 2.75) is 39.7 Å². The van der Waals surface area contributed by atoms with Gasteiger partial charge >= 0.3 is 0 Å². The number of aromatic nitrogens is 2. The molecule has 0 aliphatic carbocycles. The monoisotopic (exact) mass is 423 g/mol. The Labute approximate surface area is 163 Å². The second kappa shape index (κ2) is 10.3. The Kier molecular flexibility index (Phi) is 8.09. The molecular formula is C19H27BrFN5. The normalized spacial score (nSPS) is 11.7. The highest BCUT2D eigenvalue weighted by Gasteiger charge is 2.04. The minimum Gasteiger partial charge on any atom is -0.356 e. The van der Waals surface area contributed by atoms with Crippen LogP contribution in [0.25, 0.3) is 0 Å². The first-order valence-corrected chi connectivity index (χ1v) is 9.68. The Hall–Kier alpha value is -1.89. The van der Waals surface area contributed by atoms with E-state index in [-0.39, 0.29) is 5.82 Å². The smallest absolute Gasteiger partial charge is 0.190 e. The van der Waals surface area contributed by atoms with Gasteiger partial charge in [0, 0.05) is 36.8 Å². The average molecular weight is 424 g/mol. The van der Waals surface area contributed by atoms with Crippen LogP contribution in [0, 0.1) is 19.7 Å². The molecule has 1 aromatic heterocycles. The topological polar surface area (TPSA) is 54.2 Å². The molecule has 0 aliphatic heterocycles. The summed E-state index contributed by atoms with van der Waals surface area (Å²) in [5.41, 5.74) is 2.98. The molecular weight excluding hydrogens is 397 g/mol. The SMILES string of the molecule is CN=C(NCCCc1ccc(Br)cc1F)NCCCn1nc(C)cc1C. The largest absolute Gasteiger partial charge is 0.356 e. The van der Waals surface area contributed by atoms with Crippen molar-refractivity contribution < 1.29 is 4.39 Å². The van der Waals surface area contributed by atoms with Crippen LogP contribution < -0.4 is 10.6 Å². The quantitative estimate of drug-likeness (QED) is 0.387. The summed E-state index contributed by atoms with van der Waals surface area (Å²) in [6.07, 6.45) is 2.50. The first kappa shape index (κ1) is 20.4. The van der Waals surface area contributed by atoms with Crippen molar-refractivity contribution in [3.63, 3.8) is 0 Å². The summed E-state index contributed by atoms with van der Waals surface area (Å²) in [5.74, 6) is 0.612. The Morgan fingerprint density at radius 1 is 1.19 bits per heavy atom. The number of hydrogen-bond donors (Lipinski definition) is 2. The maximum atomic E-state index is 13.8. The zero-order valence-electron chi connectivity index (χ0n) is 15.6. The molecule has 0 radical (unpaired) electrons. The number of halogens is 2. The van der Waals surface area contributed by atoms with Gasteiger partial charge in [0.05, 0.1) is 5.69 Å². The third-order valence-electron chi connectivity index (χ3n) is 4.10. The fourth-order valence-corrected chi connectivity index (χ4v) is 3.10. The highest BCUT2D eigenvalue weighted by molar-refractivity contribution is 9.10. The van der Waals surface area contributed by atoms with E-state index in [4.69, 9.17) is 0 Å². The lowest BCUT2D eigenvalue weighted by Crippen LogP contribution is -2.38. The van der Waals surface area contributed by atoms with E-state index in [9.17, 15) is 4.39 Å². The summed E-state index contributed by atoms with van der Waals surface area (Å²) < 4.78 is 16.6. The highest BCUT2D eigenvalue weighted by Crippen LogP contribution is 2.16. The van der Waals surface area contributed by atoms with Crippen LogP contribution in [0.3, 0.4) is 0 Å². The Balaban J connectivity index is 1.64. The molecule has 0 aliphatic rings. The molecule has 5 nitrogen and oxygen atoms in total. The molecule has 0 bridgehead atoms. The van der Waals surface area contributed by atoms with Gasteiger partial charge < -0.3 is 10.6 Å². The summed E-state index contributed by atoms with van der Waals surface area (Å²) in [6.45, 7) is 6.52. The van der Waals surface area contributed by atoms with Crippen molar-refractivity contribution in [2.24, 2.45) is 4.99 Å². The van der Waals surface area contributed by atoms with E-state index in [1.54, 1.807) is 7.05 Å². The van der Waals surface area contributed by atoms with Crippen LogP contribution in [0.5, 0.6) is 0 Å². The van der Waals surface area contributed by atoms with Gasteiger partial charge in [-0.15, -0.1) is 0 Å². The fraction of sp³-hybridized carbons (Fsp3) is 0.474. The number of nitrogens with one attached hydrogen (secondary N) is 2. The van der Waals surface area contributed by atoms with E-state index < -0.39 is 0 Å². The number of guanidine groups is 1. The molecule has 0 fully saturated rings. The van der Waals surface area contributed by atoms with E-state index in [0.717, 1.165) is 54.2 Å². The number of benzene rings is 1. The molecule has 1 heterocycles. The lowest BCUT2D eigenvalue weighted by atomic mass is 10.1. The van der Waals surface area contributed by atoms with Crippen LogP contribution in [0.1, 0.15) is 29.8 Å². The van der Waals surface area contributed by atoms with Crippen molar-refractivity contribution >= 4 is 21.9 Å². The second-order valence-electron chi connectivity index (χ2n) is 6.27. The van der Waals surface area contributed by atoms with Crippen molar-refractivity contribution in [2.75, 3.05) is 20.1 Å². The van der Waals surface area contributed by atoms with Crippen LogP contribution in [0.2, 0.25) is 0 Å². The van der Waals surface area contributed by atoms with E-state index >= 15 is 0 Å². The maximum Gasteiger partial charge on any atom is 0.190 e. The summed E-state index contributed by atoms with van der Waals surface area (Å²) >= 11 is 3.27. The number of hydrogen-bond acceptors (Lipinski definition) is 2. The van der Waals surface area contributed by atoms with E-state index in [1.165, 1.54) is 11.8 Å². The molecule has 0 atom stereocenters. The average Bonchev–Trinajstić information content (AvgIpc) is 2.92. The molecule has 1 aromatic carbocycles. The minimum absolute atomic E-state index is 0.161. The molecule has 2 rings (SSSR count). The van der Waals surface area contributed by atoms with Crippen LogP contribution in [-0.2, 0) is 13.0 Å². The third-order valence-corrected chi connectivity index (χ3v) is 4.59. The fourth-order valence-electron chi connectivity index (χ4n) is 2.77. The van der Waals surface area contributed by atoms with E-state index in [0.29, 0.717) is 6.42 Å². The standard InChI is InChI=1S/C19H27BrFN5/c1-14-12-15(2)26(25-14)11-5-10-24-19(22-3)23-9-4-6-16-7-8-17(20)13-18(16)21/h7-8,12-13H,4-6,9-11H2,1-3H3,(H2,22,23,24). The molecule has 2 N–H and O–H groups in total. The number of rotatable bonds is 8. The van der Waals surface area contributed by atoms with Gasteiger partial charge in [-0.05, 0) is 56.9 Å². The lowest BCUT2D eigenvalue weighted by molar-refractivity contribution is 0.554. The summed E-state index contributed by atoms with van der Waals surface area (Å²) in [6, 6.07) is 7.29. The molecule has 0 saturated carbocycles. The van der Waals surface area contributed by atoms with Gasteiger partial charge in [0.25, 0.3) is 0 Å². The molecule has 7 heteroatoms. The number of nitrogens with zero attached hydrogens (tertiary/aromatic N) is 3. The van der Waals surface area contributed by atoms with Crippen LogP contribution in [-0.4, -0.2) is 35.9 Å². The van der Waals surface area contributed by atoms with Gasteiger partial charge in [-0.1, -0.05) is 22.0 Å². The minimum atomic E-state index is -0.161. The molecule has 2 aromatic rings. The van der Waals surface area contributed by atoms with Crippen LogP contribution in [0.4, 0.5) is 4.39 Å². The van der Waals surface area contributed by atoms with Crippen LogP contribution in [0.15, 0.2) is 33.7 Å². The summed E-state index contributed by atoms with van der Waals surface area (Å²) in [7, 11) is 1.75. The van der Waals surface area contributed by atoms with Gasteiger partial charge in [-0.25, -0.2) is 4.39 Å². The van der Waals surface area contributed by atoms with Crippen molar-refractivity contribution in [1.82, 2.24) is 20.4 Å². The first-order chi connectivity index (χ1) is 12.5. The highest BCUT2D eigenvalue weighted by atomic mass is 79.9. The van der Waals surface area contributed by atoms with Gasteiger partial charge in [0.1, 0.15) is 5.82 Å². The van der Waals surface area contributed by atoms with Gasteiger partial charge in [0.2, 0.25) is 0 Å². The number of aryl methyl sites for hydroxylation is 4. The molecule has 0 spiro atoms. The molecule has 142 valence electrons. The number of aliphatic imine (C=N–C) groups is 1. The van der Waals surface area contributed by atoms with Gasteiger partial charge in [0.15, 0.2) is 5.96 Å². The Morgan fingerprint density at radius 3 is 2.54 bits per heavy atom. The lowest BCUT2D eigenvalue weighted by Gasteiger charge is -2.12. The van der Waals surface area contributed by atoms with Crippen molar-refractivity contribution in [3.8, 4) is 0 Å². The van der Waals surface area contributed by atoms with Crippen LogP contribution >= 0.6 is 15.9 Å². The predicted molar refractivity (Wildman–Crippen MR) is 108 cm³/mol. The summed E-state index contributed by atoms with van der Waals surface area (Å²) in [4.78, 5) is 4.22. The molecule has 0 amide bonds. The van der Waals surface area contributed by atoms with E-state index in [2.05, 4.69) is 49.6 Å². The second-order valence-corrected chi connectivity index (χ2v) is 7.18. The Bertz CT molecular complexity index is 742. The van der Waals surface area contributed by atoms with Gasteiger partial charge in [-0.3, -0.25) is 9.67 Å². The van der Waals surface area contributed by atoms with E-state index in [1.807, 2.05) is 23.7 Å². The Morgan fingerprint density at radius 2 is 1.92 bits per heavy atom. The van der Waals surface area contributed by atoms with Gasteiger partial charge in [-0.2, -0.15) is 5.10 Å². The molecule has 0 unspecified atom stereocenters. The predicted octanol–water partition coefficient (Wildman–Crippen LogP) is 3.59. The third kappa shape index (κ3) is 6.44. The van der Waals surface area contributed by atoms with Crippen molar-refractivity contribution in [3.05, 3.63) is 51.5 Å². The molecule has 26 heavy (non-hydrogen) atoms. The zero-order chi connectivity index (χ0) is 18.9. The molecule has 0 saturated heterocycles. The van der Waals surface area contributed by atoms with Crippen molar-refractivity contribution in [1.29, 1.82) is 0 Å². The maximum absolute atomic E-state index is 13.8. The first-order valence-electron chi connectivity index (χ1n) is 8.89.